The van der Waals surface area contributed by atoms with Crippen molar-refractivity contribution in [1.29, 1.82) is 0 Å². The van der Waals surface area contributed by atoms with Crippen LogP contribution in [0.2, 0.25) is 0 Å². The van der Waals surface area contributed by atoms with Crippen molar-refractivity contribution < 1.29 is 18.0 Å². The van der Waals surface area contributed by atoms with Gasteiger partial charge in [0, 0.05) is 5.41 Å². The predicted octanol–water partition coefficient (Wildman–Crippen LogP) is 1.39. The molecule has 0 radical (unpaired) electrons. The maximum absolute atomic E-state index is 12.5. The third-order valence-electron chi connectivity index (χ3n) is 3.46. The first kappa shape index (κ1) is 20.9. The highest BCUT2D eigenvalue weighted by Gasteiger charge is 2.33. The van der Waals surface area contributed by atoms with E-state index in [4.69, 9.17) is 5.73 Å². The van der Waals surface area contributed by atoms with E-state index < -0.39 is 44.1 Å². The summed E-state index contributed by atoms with van der Waals surface area (Å²) < 4.78 is 25.0. The van der Waals surface area contributed by atoms with Gasteiger partial charge in [-0.25, -0.2) is 8.42 Å². The Morgan fingerprint density at radius 2 is 1.55 bits per heavy atom. The molecular formula is C15H30N2O4S. The molecule has 0 aliphatic heterocycles. The molecule has 0 aromatic heterocycles. The first-order valence-electron chi connectivity index (χ1n) is 7.77. The van der Waals surface area contributed by atoms with Gasteiger partial charge in [-0.15, -0.1) is 0 Å². The molecule has 7 heteroatoms. The van der Waals surface area contributed by atoms with Crippen molar-refractivity contribution in [3.63, 3.8) is 0 Å². The topological polar surface area (TPSA) is 106 Å². The second-order valence-corrected chi connectivity index (χ2v) is 9.03. The van der Waals surface area contributed by atoms with Crippen molar-refractivity contribution >= 4 is 21.7 Å². The van der Waals surface area contributed by atoms with Crippen LogP contribution in [-0.2, 0) is 19.4 Å². The number of carbonyl (C=O) groups is 2. The van der Waals surface area contributed by atoms with Gasteiger partial charge in [0.25, 0.3) is 0 Å². The van der Waals surface area contributed by atoms with Crippen LogP contribution in [0.5, 0.6) is 0 Å². The molecule has 0 unspecified atom stereocenters. The molecule has 0 saturated heterocycles. The average molecular weight is 334 g/mol. The van der Waals surface area contributed by atoms with Gasteiger partial charge in [0.15, 0.2) is 9.84 Å². The van der Waals surface area contributed by atoms with Crippen LogP contribution in [0.15, 0.2) is 0 Å². The van der Waals surface area contributed by atoms with E-state index in [1.165, 1.54) is 0 Å². The van der Waals surface area contributed by atoms with Crippen LogP contribution in [0, 0.1) is 5.41 Å². The van der Waals surface area contributed by atoms with Crippen molar-refractivity contribution in [2.45, 2.75) is 71.6 Å². The van der Waals surface area contributed by atoms with Crippen molar-refractivity contribution in [2.24, 2.45) is 11.1 Å². The third kappa shape index (κ3) is 6.77. The second-order valence-electron chi connectivity index (χ2n) is 6.71. The third-order valence-corrected chi connectivity index (χ3v) is 5.74. The summed E-state index contributed by atoms with van der Waals surface area (Å²) in [7, 11) is -3.50. The van der Waals surface area contributed by atoms with E-state index in [-0.39, 0.29) is 0 Å². The normalized spacial score (nSPS) is 13.9. The molecule has 22 heavy (non-hydrogen) atoms. The standard InChI is InChI=1S/C15H30N2O4S/c1-6-8-11(9-7-2)22(20,21)10-12(13(16)18)17-14(19)15(3,4)5/h11-12H,6-10H2,1-5H3,(H2,16,18)(H,17,19)/t12-/m1/s1. The summed E-state index contributed by atoms with van der Waals surface area (Å²) in [5, 5.41) is 1.97. The van der Waals surface area contributed by atoms with Gasteiger partial charge >= 0.3 is 0 Å². The van der Waals surface area contributed by atoms with Crippen LogP contribution in [0.25, 0.3) is 0 Å². The maximum Gasteiger partial charge on any atom is 0.241 e. The van der Waals surface area contributed by atoms with E-state index >= 15 is 0 Å². The van der Waals surface area contributed by atoms with Crippen LogP contribution in [-0.4, -0.2) is 37.3 Å². The zero-order chi connectivity index (χ0) is 17.6. The Bertz CT molecular complexity index is 474. The van der Waals surface area contributed by atoms with Gasteiger partial charge < -0.3 is 11.1 Å². The van der Waals surface area contributed by atoms with Gasteiger partial charge in [-0.2, -0.15) is 0 Å². The van der Waals surface area contributed by atoms with Crippen molar-refractivity contribution in [1.82, 2.24) is 5.32 Å². The fraction of sp³-hybridized carbons (Fsp3) is 0.867. The number of hydrogen-bond acceptors (Lipinski definition) is 4. The summed E-state index contributed by atoms with van der Waals surface area (Å²) in [6, 6.07) is -1.19. The van der Waals surface area contributed by atoms with Crippen LogP contribution < -0.4 is 11.1 Å². The fourth-order valence-corrected chi connectivity index (χ4v) is 4.26. The molecule has 0 aliphatic rings. The highest BCUT2D eigenvalue weighted by Crippen LogP contribution is 2.18. The van der Waals surface area contributed by atoms with Crippen molar-refractivity contribution in [2.75, 3.05) is 5.75 Å². The molecule has 0 rings (SSSR count). The Morgan fingerprint density at radius 3 is 1.86 bits per heavy atom. The fourth-order valence-electron chi connectivity index (χ4n) is 2.09. The molecule has 0 bridgehead atoms. The zero-order valence-electron chi connectivity index (χ0n) is 14.3. The number of nitrogens with two attached hydrogens (primary N) is 1. The summed E-state index contributed by atoms with van der Waals surface area (Å²) >= 11 is 0. The van der Waals surface area contributed by atoms with Gasteiger partial charge in [0.05, 0.1) is 11.0 Å². The summed E-state index contributed by atoms with van der Waals surface area (Å²) in [5.74, 6) is -1.66. The van der Waals surface area contributed by atoms with Crippen LogP contribution in [0.4, 0.5) is 0 Å². The first-order chi connectivity index (χ1) is 9.95. The van der Waals surface area contributed by atoms with Crippen LogP contribution in [0.1, 0.15) is 60.3 Å². The molecule has 0 aromatic rings. The molecule has 130 valence electrons. The van der Waals surface area contributed by atoms with E-state index in [9.17, 15) is 18.0 Å². The van der Waals surface area contributed by atoms with Gasteiger partial charge in [0.1, 0.15) is 6.04 Å². The molecule has 3 N–H and O–H groups in total. The smallest absolute Gasteiger partial charge is 0.241 e. The minimum atomic E-state index is -3.50. The molecular weight excluding hydrogens is 304 g/mol. The Kier molecular flexibility index (Phi) is 8.07. The SMILES string of the molecule is CCCC(CCC)S(=O)(=O)C[C@@H](NC(=O)C(C)(C)C)C(N)=O. The number of nitrogens with one attached hydrogen (secondary N) is 1. The lowest BCUT2D eigenvalue weighted by Gasteiger charge is -2.24. The largest absolute Gasteiger partial charge is 0.368 e. The molecule has 0 spiro atoms. The van der Waals surface area contributed by atoms with Gasteiger partial charge in [-0.1, -0.05) is 47.5 Å². The predicted molar refractivity (Wildman–Crippen MR) is 88.0 cm³/mol. The summed E-state index contributed by atoms with van der Waals surface area (Å²) in [4.78, 5) is 23.5. The van der Waals surface area contributed by atoms with Crippen molar-refractivity contribution in [3.05, 3.63) is 0 Å². The molecule has 6 nitrogen and oxygen atoms in total. The zero-order valence-corrected chi connectivity index (χ0v) is 15.1. The van der Waals surface area contributed by atoms with E-state index in [1.54, 1.807) is 20.8 Å². The molecule has 2 amide bonds. The maximum atomic E-state index is 12.5. The number of primary amides is 1. The number of carbonyl (C=O) groups excluding carboxylic acids is 2. The molecule has 0 heterocycles. The lowest BCUT2D eigenvalue weighted by Crippen LogP contribution is -2.52. The van der Waals surface area contributed by atoms with E-state index in [0.717, 1.165) is 12.8 Å². The molecule has 0 aromatic carbocycles. The summed E-state index contributed by atoms with van der Waals surface area (Å²) in [5.41, 5.74) is 4.55. The second kappa shape index (κ2) is 8.50. The lowest BCUT2D eigenvalue weighted by molar-refractivity contribution is -0.132. The number of sulfone groups is 1. The van der Waals surface area contributed by atoms with E-state index in [1.807, 2.05) is 13.8 Å². The minimum Gasteiger partial charge on any atom is -0.368 e. The summed E-state index contributed by atoms with van der Waals surface area (Å²) in [6.07, 6.45) is 2.60. The highest BCUT2D eigenvalue weighted by molar-refractivity contribution is 7.92. The average Bonchev–Trinajstić information content (AvgIpc) is 2.36. The van der Waals surface area contributed by atoms with Gasteiger partial charge in [0.2, 0.25) is 11.8 Å². The monoisotopic (exact) mass is 334 g/mol. The van der Waals surface area contributed by atoms with Gasteiger partial charge in [-0.3, -0.25) is 9.59 Å². The van der Waals surface area contributed by atoms with Crippen molar-refractivity contribution in [3.8, 4) is 0 Å². The minimum absolute atomic E-state index is 0.394. The molecule has 0 aliphatic carbocycles. The van der Waals surface area contributed by atoms with E-state index in [2.05, 4.69) is 5.32 Å². The van der Waals surface area contributed by atoms with E-state index in [0.29, 0.717) is 12.8 Å². The number of hydrogen-bond donors (Lipinski definition) is 2. The summed E-state index contributed by atoms with van der Waals surface area (Å²) in [6.45, 7) is 8.90. The Hall–Kier alpha value is -1.11. The molecule has 0 fully saturated rings. The molecule has 0 saturated carbocycles. The number of amides is 2. The quantitative estimate of drug-likeness (QED) is 0.664. The Labute approximate surface area is 134 Å². The van der Waals surface area contributed by atoms with Crippen LogP contribution >= 0.6 is 0 Å². The van der Waals surface area contributed by atoms with Crippen LogP contribution in [0.3, 0.4) is 0 Å². The Balaban J connectivity index is 5.15. The number of rotatable bonds is 9. The highest BCUT2D eigenvalue weighted by atomic mass is 32.2. The van der Waals surface area contributed by atoms with Gasteiger partial charge in [-0.05, 0) is 12.8 Å². The first-order valence-corrected chi connectivity index (χ1v) is 9.49. The Morgan fingerprint density at radius 1 is 1.09 bits per heavy atom. The lowest BCUT2D eigenvalue weighted by atomic mass is 9.95. The molecule has 1 atom stereocenters.